The van der Waals surface area contributed by atoms with Crippen molar-refractivity contribution >= 4 is 16.7 Å². The van der Waals surface area contributed by atoms with Gasteiger partial charge in [-0.2, -0.15) is 0 Å². The van der Waals surface area contributed by atoms with Crippen LogP contribution in [0.2, 0.25) is 0 Å². The summed E-state index contributed by atoms with van der Waals surface area (Å²) in [6.07, 6.45) is 2.91. The summed E-state index contributed by atoms with van der Waals surface area (Å²) < 4.78 is 5.95. The Morgan fingerprint density at radius 2 is 2.10 bits per heavy atom. The highest BCUT2D eigenvalue weighted by molar-refractivity contribution is 5.84. The molecule has 3 rings (SSSR count). The predicted octanol–water partition coefficient (Wildman–Crippen LogP) is 4.63. The molecule has 1 N–H and O–H groups in total. The van der Waals surface area contributed by atoms with Gasteiger partial charge in [0.2, 0.25) is 0 Å². The number of nitrogens with zero attached hydrogens (tertiary/aromatic N) is 1. The number of aryl methyl sites for hydroxylation is 1. The van der Waals surface area contributed by atoms with Gasteiger partial charge in [0.1, 0.15) is 11.3 Å². The van der Waals surface area contributed by atoms with E-state index in [1.807, 2.05) is 30.5 Å². The van der Waals surface area contributed by atoms with Crippen LogP contribution in [0, 0.1) is 6.92 Å². The van der Waals surface area contributed by atoms with E-state index in [0.717, 1.165) is 46.6 Å². The Labute approximate surface area is 118 Å². The monoisotopic (exact) mass is 266 g/mol. The molecule has 102 valence electrons. The van der Waals surface area contributed by atoms with E-state index in [-0.39, 0.29) is 0 Å². The van der Waals surface area contributed by atoms with Crippen molar-refractivity contribution in [1.82, 2.24) is 4.98 Å². The number of anilines is 1. The Morgan fingerprint density at radius 1 is 1.20 bits per heavy atom. The van der Waals surface area contributed by atoms with Crippen molar-refractivity contribution in [3.8, 4) is 11.5 Å². The van der Waals surface area contributed by atoms with E-state index in [1.165, 1.54) is 0 Å². The summed E-state index contributed by atoms with van der Waals surface area (Å²) in [6, 6.07) is 12.2. The minimum atomic E-state index is 0.814. The molecule has 0 spiro atoms. The summed E-state index contributed by atoms with van der Waals surface area (Å²) in [4.78, 5) is 4.41. The van der Waals surface area contributed by atoms with Crippen LogP contribution in [0.1, 0.15) is 18.9 Å². The quantitative estimate of drug-likeness (QED) is 0.748. The molecule has 0 atom stereocenters. The van der Waals surface area contributed by atoms with Crippen LogP contribution in [0.25, 0.3) is 22.4 Å². The van der Waals surface area contributed by atoms with Crippen molar-refractivity contribution in [2.75, 3.05) is 11.9 Å². The van der Waals surface area contributed by atoms with E-state index in [0.29, 0.717) is 0 Å². The van der Waals surface area contributed by atoms with Gasteiger partial charge in [0.15, 0.2) is 5.76 Å². The highest BCUT2D eigenvalue weighted by Crippen LogP contribution is 2.29. The van der Waals surface area contributed by atoms with Crippen molar-refractivity contribution in [3.63, 3.8) is 0 Å². The number of rotatable bonds is 4. The van der Waals surface area contributed by atoms with Crippen LogP contribution in [-0.4, -0.2) is 11.5 Å². The zero-order valence-corrected chi connectivity index (χ0v) is 11.8. The van der Waals surface area contributed by atoms with E-state index in [1.54, 1.807) is 0 Å². The minimum absolute atomic E-state index is 0.814. The topological polar surface area (TPSA) is 38.1 Å². The lowest BCUT2D eigenvalue weighted by Gasteiger charge is -2.05. The van der Waals surface area contributed by atoms with Crippen molar-refractivity contribution in [3.05, 3.63) is 48.2 Å². The van der Waals surface area contributed by atoms with Crippen LogP contribution in [-0.2, 0) is 0 Å². The van der Waals surface area contributed by atoms with Crippen LogP contribution in [0.5, 0.6) is 0 Å². The minimum Gasteiger partial charge on any atom is -0.454 e. The Balaban J connectivity index is 2.00. The largest absolute Gasteiger partial charge is 0.454 e. The third kappa shape index (κ3) is 2.39. The third-order valence-corrected chi connectivity index (χ3v) is 3.33. The van der Waals surface area contributed by atoms with Gasteiger partial charge in [-0.3, -0.25) is 4.98 Å². The molecule has 0 unspecified atom stereocenters. The molecule has 3 heteroatoms. The summed E-state index contributed by atoms with van der Waals surface area (Å²) >= 11 is 0. The molecule has 3 aromatic rings. The molecule has 0 radical (unpaired) electrons. The smallest absolute Gasteiger partial charge is 0.153 e. The summed E-state index contributed by atoms with van der Waals surface area (Å²) in [6.45, 7) is 5.17. The molecule has 20 heavy (non-hydrogen) atoms. The average Bonchev–Trinajstić information content (AvgIpc) is 2.91. The molecular formula is C17H18N2O. The van der Waals surface area contributed by atoms with Crippen LogP contribution in [0.4, 0.5) is 5.69 Å². The predicted molar refractivity (Wildman–Crippen MR) is 83.0 cm³/mol. The Hall–Kier alpha value is -2.29. The van der Waals surface area contributed by atoms with Crippen molar-refractivity contribution in [2.45, 2.75) is 20.3 Å². The molecule has 0 bridgehead atoms. The molecule has 0 amide bonds. The summed E-state index contributed by atoms with van der Waals surface area (Å²) in [5, 5.41) is 4.49. The second-order valence-electron chi connectivity index (χ2n) is 4.96. The molecule has 0 aliphatic rings. The highest BCUT2D eigenvalue weighted by Gasteiger charge is 2.09. The lowest BCUT2D eigenvalue weighted by atomic mass is 10.2. The first-order chi connectivity index (χ1) is 9.78. The zero-order valence-electron chi connectivity index (χ0n) is 11.8. The van der Waals surface area contributed by atoms with E-state index >= 15 is 0 Å². The van der Waals surface area contributed by atoms with E-state index in [9.17, 15) is 0 Å². The molecule has 2 heterocycles. The van der Waals surface area contributed by atoms with E-state index in [4.69, 9.17) is 4.42 Å². The first kappa shape index (κ1) is 12.7. The second kappa shape index (κ2) is 5.37. The van der Waals surface area contributed by atoms with Crippen LogP contribution in [0.15, 0.2) is 47.0 Å². The summed E-state index contributed by atoms with van der Waals surface area (Å²) in [5.74, 6) is 0.814. The van der Waals surface area contributed by atoms with Crippen LogP contribution < -0.4 is 5.32 Å². The first-order valence-corrected chi connectivity index (χ1v) is 6.97. The normalized spacial score (nSPS) is 10.9. The molecule has 2 aromatic heterocycles. The lowest BCUT2D eigenvalue weighted by Crippen LogP contribution is -1.99. The highest BCUT2D eigenvalue weighted by atomic mass is 16.3. The molecule has 3 nitrogen and oxygen atoms in total. The second-order valence-corrected chi connectivity index (χ2v) is 4.96. The van der Waals surface area contributed by atoms with Crippen LogP contribution in [0.3, 0.4) is 0 Å². The van der Waals surface area contributed by atoms with Gasteiger partial charge >= 0.3 is 0 Å². The molecule has 1 aromatic carbocycles. The number of hydrogen-bond acceptors (Lipinski definition) is 3. The molecule has 0 aliphatic carbocycles. The number of hydrogen-bond donors (Lipinski definition) is 1. The third-order valence-electron chi connectivity index (χ3n) is 3.33. The molecule has 0 saturated carbocycles. The number of para-hydroxylation sites is 1. The van der Waals surface area contributed by atoms with Crippen molar-refractivity contribution in [2.24, 2.45) is 0 Å². The maximum Gasteiger partial charge on any atom is 0.153 e. The fourth-order valence-electron chi connectivity index (χ4n) is 2.28. The number of furan rings is 1. The van der Waals surface area contributed by atoms with Gasteiger partial charge in [-0.25, -0.2) is 0 Å². The SMILES string of the molecule is CCCNc1ccnc(-c2cc3cccc(C)c3o2)c1. The van der Waals surface area contributed by atoms with Gasteiger partial charge in [-0.05, 0) is 37.1 Å². The van der Waals surface area contributed by atoms with Gasteiger partial charge in [-0.1, -0.05) is 25.1 Å². The number of nitrogens with one attached hydrogen (secondary N) is 1. The summed E-state index contributed by atoms with van der Waals surface area (Å²) in [7, 11) is 0. The maximum atomic E-state index is 5.95. The van der Waals surface area contributed by atoms with Gasteiger partial charge < -0.3 is 9.73 Å². The average molecular weight is 266 g/mol. The van der Waals surface area contributed by atoms with E-state index in [2.05, 4.69) is 36.3 Å². The lowest BCUT2D eigenvalue weighted by molar-refractivity contribution is 0.626. The molecule has 0 fully saturated rings. The maximum absolute atomic E-state index is 5.95. The first-order valence-electron chi connectivity index (χ1n) is 6.97. The fourth-order valence-corrected chi connectivity index (χ4v) is 2.28. The van der Waals surface area contributed by atoms with Gasteiger partial charge in [0, 0.05) is 23.8 Å². The van der Waals surface area contributed by atoms with E-state index < -0.39 is 0 Å². The number of benzene rings is 1. The van der Waals surface area contributed by atoms with Gasteiger partial charge in [0.05, 0.1) is 0 Å². The van der Waals surface area contributed by atoms with Crippen LogP contribution >= 0.6 is 0 Å². The van der Waals surface area contributed by atoms with Crippen molar-refractivity contribution in [1.29, 1.82) is 0 Å². The van der Waals surface area contributed by atoms with Crippen molar-refractivity contribution < 1.29 is 4.42 Å². The molecular weight excluding hydrogens is 248 g/mol. The number of pyridine rings is 1. The number of aromatic nitrogens is 1. The van der Waals surface area contributed by atoms with Gasteiger partial charge in [-0.15, -0.1) is 0 Å². The molecule has 0 aliphatic heterocycles. The summed E-state index contributed by atoms with van der Waals surface area (Å²) in [5.41, 5.74) is 4.03. The Morgan fingerprint density at radius 3 is 2.90 bits per heavy atom. The Kier molecular flexibility index (Phi) is 3.42. The zero-order chi connectivity index (χ0) is 13.9. The fraction of sp³-hybridized carbons (Fsp3) is 0.235. The standard InChI is InChI=1S/C17H18N2O/c1-3-8-18-14-7-9-19-15(11-14)16-10-13-6-4-5-12(2)17(13)20-16/h4-7,9-11H,3,8H2,1-2H3,(H,18,19). The molecule has 0 saturated heterocycles. The Bertz CT molecular complexity index is 731. The van der Waals surface area contributed by atoms with Gasteiger partial charge in [0.25, 0.3) is 0 Å². The number of fused-ring (bicyclic) bond motifs is 1.